The summed E-state index contributed by atoms with van der Waals surface area (Å²) in [6, 6.07) is 62.4. The van der Waals surface area contributed by atoms with Crippen molar-refractivity contribution in [1.82, 2.24) is 5.32 Å². The summed E-state index contributed by atoms with van der Waals surface area (Å²) in [4.78, 5) is 10.4. The summed E-state index contributed by atoms with van der Waals surface area (Å²) >= 11 is 0. The smallest absolute Gasteiger partial charge is 0.169 e. The van der Waals surface area contributed by atoms with Crippen LogP contribution in [-0.2, 0) is 6.42 Å². The van der Waals surface area contributed by atoms with E-state index in [-0.39, 0.29) is 0 Å². The van der Waals surface area contributed by atoms with Gasteiger partial charge in [0, 0.05) is 21.9 Å². The molecule has 1 aliphatic heterocycles. The van der Waals surface area contributed by atoms with Crippen molar-refractivity contribution >= 4 is 44.4 Å². The molecule has 1 aromatic heterocycles. The predicted molar refractivity (Wildman–Crippen MR) is 222 cm³/mol. The van der Waals surface area contributed by atoms with E-state index < -0.39 is 6.17 Å². The van der Waals surface area contributed by atoms with Crippen molar-refractivity contribution in [3.05, 3.63) is 204 Å². The Hall–Kier alpha value is -7.04. The first-order valence-electron chi connectivity index (χ1n) is 18.5. The predicted octanol–water partition coefficient (Wildman–Crippen LogP) is 12.1. The molecule has 0 saturated heterocycles. The van der Waals surface area contributed by atoms with Crippen LogP contribution in [0.3, 0.4) is 0 Å². The number of amidine groups is 2. The summed E-state index contributed by atoms with van der Waals surface area (Å²) in [6.07, 6.45) is 0.506. The molecular formula is C50H33N3O. The minimum absolute atomic E-state index is 0.429. The Bertz CT molecular complexity index is 2980. The lowest BCUT2D eigenvalue weighted by atomic mass is 9.91. The van der Waals surface area contributed by atoms with Gasteiger partial charge in [-0.15, -0.1) is 0 Å². The van der Waals surface area contributed by atoms with Gasteiger partial charge in [0.25, 0.3) is 0 Å². The maximum atomic E-state index is 6.25. The summed E-state index contributed by atoms with van der Waals surface area (Å²) in [5.74, 6) is 1.56. The number of nitrogens with zero attached hydrogens (tertiary/aromatic N) is 2. The van der Waals surface area contributed by atoms with E-state index >= 15 is 0 Å². The van der Waals surface area contributed by atoms with Crippen molar-refractivity contribution in [2.45, 2.75) is 12.6 Å². The minimum atomic E-state index is -0.429. The standard InChI is InChI=1S/C50H33N3O/c1-3-12-31(13-4-1)35-26-27-37-36(28-35)29-43-39-17-8-7-16-38(39)42(30-44(37)43)32-22-24-34(25-23-32)49-51-48(33-14-5-2-6-15-33)52-50(53-49)41-19-11-21-46-47(41)40-18-9-10-20-45(40)54-46/h1-28,30,49H,29H2,(H,51,52,53). The Morgan fingerprint density at radius 2 is 1.11 bits per heavy atom. The van der Waals surface area contributed by atoms with E-state index in [1.807, 2.05) is 42.5 Å². The monoisotopic (exact) mass is 691 g/mol. The SMILES string of the molecule is c1ccc(C2=NC(c3ccc(-c4cc5c(c6ccccc46)Cc4cc(-c6ccccc6)ccc4-5)cc3)N=C(c3cccc4oc5ccccc5c34)N2)cc1. The van der Waals surface area contributed by atoms with Crippen LogP contribution in [0.4, 0.5) is 0 Å². The molecule has 9 aromatic rings. The molecule has 254 valence electrons. The van der Waals surface area contributed by atoms with Gasteiger partial charge in [0.05, 0.1) is 0 Å². The molecular weight excluding hydrogens is 659 g/mol. The van der Waals surface area contributed by atoms with Crippen LogP contribution in [0.2, 0.25) is 0 Å². The number of rotatable bonds is 5. The molecule has 1 N–H and O–H groups in total. The second-order valence-corrected chi connectivity index (χ2v) is 14.1. The second kappa shape index (κ2) is 12.3. The largest absolute Gasteiger partial charge is 0.456 e. The van der Waals surface area contributed by atoms with E-state index in [1.54, 1.807) is 0 Å². The van der Waals surface area contributed by atoms with Gasteiger partial charge in [0.15, 0.2) is 6.17 Å². The number of hydrogen-bond donors (Lipinski definition) is 1. The number of hydrogen-bond acceptors (Lipinski definition) is 4. The third-order valence-corrected chi connectivity index (χ3v) is 11.0. The Morgan fingerprint density at radius 3 is 1.93 bits per heavy atom. The van der Waals surface area contributed by atoms with Gasteiger partial charge < -0.3 is 9.73 Å². The topological polar surface area (TPSA) is 49.9 Å². The second-order valence-electron chi connectivity index (χ2n) is 14.1. The summed E-state index contributed by atoms with van der Waals surface area (Å²) in [5, 5.41) is 8.29. The van der Waals surface area contributed by atoms with E-state index in [9.17, 15) is 0 Å². The zero-order valence-corrected chi connectivity index (χ0v) is 29.3. The van der Waals surface area contributed by atoms with E-state index in [1.165, 1.54) is 55.3 Å². The molecule has 1 unspecified atom stereocenters. The highest BCUT2D eigenvalue weighted by atomic mass is 16.3. The molecule has 1 atom stereocenters. The quantitative estimate of drug-likeness (QED) is 0.195. The summed E-state index contributed by atoms with van der Waals surface area (Å²) in [6.45, 7) is 0. The molecule has 0 bridgehead atoms. The molecule has 54 heavy (non-hydrogen) atoms. The highest BCUT2D eigenvalue weighted by Gasteiger charge is 2.25. The normalized spacial score (nSPS) is 14.8. The summed E-state index contributed by atoms with van der Waals surface area (Å²) < 4.78 is 6.25. The van der Waals surface area contributed by atoms with Gasteiger partial charge in [0.1, 0.15) is 22.8 Å². The zero-order valence-electron chi connectivity index (χ0n) is 29.3. The highest BCUT2D eigenvalue weighted by molar-refractivity contribution is 6.23. The van der Waals surface area contributed by atoms with Crippen molar-refractivity contribution in [3.8, 4) is 33.4 Å². The van der Waals surface area contributed by atoms with Crippen LogP contribution in [-0.4, -0.2) is 11.7 Å². The maximum absolute atomic E-state index is 6.25. The van der Waals surface area contributed by atoms with E-state index in [2.05, 4.69) is 139 Å². The van der Waals surface area contributed by atoms with Crippen LogP contribution in [0.15, 0.2) is 190 Å². The van der Waals surface area contributed by atoms with Gasteiger partial charge in [-0.3, -0.25) is 0 Å². The van der Waals surface area contributed by atoms with Crippen molar-refractivity contribution in [3.63, 3.8) is 0 Å². The first kappa shape index (κ1) is 30.6. The van der Waals surface area contributed by atoms with Crippen LogP contribution in [0.1, 0.15) is 34.0 Å². The van der Waals surface area contributed by atoms with Crippen LogP contribution in [0.5, 0.6) is 0 Å². The Morgan fingerprint density at radius 1 is 0.444 bits per heavy atom. The first-order chi connectivity index (χ1) is 26.7. The fourth-order valence-electron chi connectivity index (χ4n) is 8.39. The first-order valence-corrected chi connectivity index (χ1v) is 18.5. The lowest BCUT2D eigenvalue weighted by Crippen LogP contribution is -2.36. The van der Waals surface area contributed by atoms with Crippen LogP contribution in [0, 0.1) is 0 Å². The van der Waals surface area contributed by atoms with E-state index in [4.69, 9.17) is 14.4 Å². The van der Waals surface area contributed by atoms with Gasteiger partial charge in [-0.25, -0.2) is 9.98 Å². The molecule has 1 aliphatic carbocycles. The molecule has 11 rings (SSSR count). The molecule has 0 saturated carbocycles. The fourth-order valence-corrected chi connectivity index (χ4v) is 8.39. The molecule has 4 heteroatoms. The Kier molecular flexibility index (Phi) is 6.96. The lowest BCUT2D eigenvalue weighted by molar-refractivity contribution is 0.669. The summed E-state index contributed by atoms with van der Waals surface area (Å²) in [5.41, 5.74) is 15.1. The number of aliphatic imine (C=N–C) groups is 2. The molecule has 4 nitrogen and oxygen atoms in total. The average Bonchev–Trinajstić information content (AvgIpc) is 3.82. The van der Waals surface area contributed by atoms with Gasteiger partial charge in [-0.2, -0.15) is 0 Å². The summed E-state index contributed by atoms with van der Waals surface area (Å²) in [7, 11) is 0. The maximum Gasteiger partial charge on any atom is 0.169 e. The number of fused-ring (bicyclic) bond motifs is 8. The van der Waals surface area contributed by atoms with Gasteiger partial charge >= 0.3 is 0 Å². The van der Waals surface area contributed by atoms with Crippen molar-refractivity contribution in [1.29, 1.82) is 0 Å². The Labute approximate surface area is 312 Å². The minimum Gasteiger partial charge on any atom is -0.456 e. The number of benzene rings is 8. The van der Waals surface area contributed by atoms with Crippen LogP contribution >= 0.6 is 0 Å². The van der Waals surface area contributed by atoms with Gasteiger partial charge in [-0.05, 0) is 85.5 Å². The molecule has 8 aromatic carbocycles. The number of para-hydroxylation sites is 1. The average molecular weight is 692 g/mol. The van der Waals surface area contributed by atoms with Crippen molar-refractivity contribution in [2.75, 3.05) is 0 Å². The van der Waals surface area contributed by atoms with Gasteiger partial charge in [-0.1, -0.05) is 158 Å². The molecule has 0 fully saturated rings. The van der Waals surface area contributed by atoms with Crippen molar-refractivity contribution in [2.24, 2.45) is 9.98 Å². The zero-order chi connectivity index (χ0) is 35.6. The lowest BCUT2D eigenvalue weighted by Gasteiger charge is -2.23. The van der Waals surface area contributed by atoms with Crippen LogP contribution in [0.25, 0.3) is 66.1 Å². The third-order valence-electron chi connectivity index (χ3n) is 11.0. The third kappa shape index (κ3) is 4.99. The molecule has 0 amide bonds. The Balaban J connectivity index is 1.00. The van der Waals surface area contributed by atoms with E-state index in [0.29, 0.717) is 0 Å². The van der Waals surface area contributed by atoms with Gasteiger partial charge in [0.2, 0.25) is 0 Å². The fraction of sp³-hybridized carbons (Fsp3) is 0.0400. The van der Waals surface area contributed by atoms with Crippen molar-refractivity contribution < 1.29 is 4.42 Å². The molecule has 2 heterocycles. The molecule has 0 spiro atoms. The number of nitrogens with one attached hydrogen (secondary N) is 1. The van der Waals surface area contributed by atoms with E-state index in [0.717, 1.165) is 56.7 Å². The molecule has 2 aliphatic rings. The number of furan rings is 1. The molecule has 0 radical (unpaired) electrons. The highest BCUT2D eigenvalue weighted by Crippen LogP contribution is 2.45. The van der Waals surface area contributed by atoms with Crippen LogP contribution < -0.4 is 5.32 Å².